The van der Waals surface area contributed by atoms with E-state index in [0.717, 1.165) is 12.0 Å². The third-order valence-electron chi connectivity index (χ3n) is 4.50. The predicted molar refractivity (Wildman–Crippen MR) is 112 cm³/mol. The SMILES string of the molecule is CCCn1nc(C(=O)N/N=C/c2ccc(C(C)C)cc2)c2ccccc2c1=O. The molecule has 0 radical (unpaired) electrons. The number of fused-ring (bicyclic) bond motifs is 1. The Bertz CT molecular complexity index is 1070. The molecule has 0 atom stereocenters. The Balaban J connectivity index is 1.85. The molecule has 1 amide bonds. The molecule has 2 aromatic carbocycles. The molecule has 0 aliphatic heterocycles. The van der Waals surface area contributed by atoms with Crippen LogP contribution in [0.5, 0.6) is 0 Å². The number of carbonyl (C=O) groups excluding carboxylic acids is 1. The molecule has 3 aromatic rings. The Morgan fingerprint density at radius 3 is 2.46 bits per heavy atom. The van der Waals surface area contributed by atoms with Gasteiger partial charge in [0.15, 0.2) is 5.69 Å². The fourth-order valence-electron chi connectivity index (χ4n) is 2.95. The minimum atomic E-state index is -0.448. The molecular weight excluding hydrogens is 352 g/mol. The van der Waals surface area contributed by atoms with Gasteiger partial charge in [-0.25, -0.2) is 10.1 Å². The van der Waals surface area contributed by atoms with E-state index in [1.165, 1.54) is 10.2 Å². The molecule has 0 fully saturated rings. The van der Waals surface area contributed by atoms with Crippen molar-refractivity contribution < 1.29 is 4.79 Å². The van der Waals surface area contributed by atoms with Crippen LogP contribution in [0.25, 0.3) is 10.8 Å². The first-order valence-corrected chi connectivity index (χ1v) is 9.44. The topological polar surface area (TPSA) is 76.3 Å². The van der Waals surface area contributed by atoms with Crippen molar-refractivity contribution in [3.8, 4) is 0 Å². The molecule has 0 bridgehead atoms. The van der Waals surface area contributed by atoms with Gasteiger partial charge in [-0.1, -0.05) is 63.2 Å². The van der Waals surface area contributed by atoms with Crippen LogP contribution in [0.15, 0.2) is 58.4 Å². The standard InChI is InChI=1S/C22H24N4O2/c1-4-13-26-22(28)19-8-6-5-7-18(19)20(25-26)21(27)24-23-14-16-9-11-17(12-10-16)15(2)3/h5-12,14-15H,4,13H2,1-3H3,(H,24,27)/b23-14+. The Labute approximate surface area is 163 Å². The number of amides is 1. The number of rotatable bonds is 6. The van der Waals surface area contributed by atoms with E-state index in [9.17, 15) is 9.59 Å². The third kappa shape index (κ3) is 4.17. The molecule has 144 valence electrons. The van der Waals surface area contributed by atoms with Gasteiger partial charge in [0.05, 0.1) is 11.6 Å². The highest BCUT2D eigenvalue weighted by Crippen LogP contribution is 2.14. The highest BCUT2D eigenvalue weighted by molar-refractivity contribution is 6.04. The summed E-state index contributed by atoms with van der Waals surface area (Å²) in [6, 6.07) is 15.0. The molecule has 3 rings (SSSR count). The van der Waals surface area contributed by atoms with Crippen LogP contribution >= 0.6 is 0 Å². The predicted octanol–water partition coefficient (Wildman–Crippen LogP) is 3.69. The van der Waals surface area contributed by atoms with Gasteiger partial charge >= 0.3 is 0 Å². The fourth-order valence-corrected chi connectivity index (χ4v) is 2.95. The molecule has 0 aliphatic carbocycles. The number of benzene rings is 2. The smallest absolute Gasteiger partial charge is 0.267 e. The van der Waals surface area contributed by atoms with Gasteiger partial charge in [-0.3, -0.25) is 9.59 Å². The molecule has 0 saturated carbocycles. The van der Waals surface area contributed by atoms with E-state index in [-0.39, 0.29) is 11.3 Å². The van der Waals surface area contributed by atoms with Crippen molar-refractivity contribution in [2.24, 2.45) is 5.10 Å². The molecule has 28 heavy (non-hydrogen) atoms. The number of hydrazone groups is 1. The minimum Gasteiger partial charge on any atom is -0.267 e. The summed E-state index contributed by atoms with van der Waals surface area (Å²) in [4.78, 5) is 25.2. The fraction of sp³-hybridized carbons (Fsp3) is 0.273. The number of hydrogen-bond donors (Lipinski definition) is 1. The molecular formula is C22H24N4O2. The summed E-state index contributed by atoms with van der Waals surface area (Å²) in [5.41, 5.74) is 4.65. The van der Waals surface area contributed by atoms with Gasteiger partial charge in [0.2, 0.25) is 0 Å². The maximum Gasteiger partial charge on any atom is 0.292 e. The van der Waals surface area contributed by atoms with Gasteiger partial charge in [0.25, 0.3) is 11.5 Å². The van der Waals surface area contributed by atoms with Gasteiger partial charge in [0.1, 0.15) is 0 Å². The Hall–Kier alpha value is -3.28. The first kappa shape index (κ1) is 19.5. The molecule has 1 aromatic heterocycles. The zero-order valence-corrected chi connectivity index (χ0v) is 16.3. The first-order chi connectivity index (χ1) is 13.5. The van der Waals surface area contributed by atoms with E-state index in [1.807, 2.05) is 31.2 Å². The third-order valence-corrected chi connectivity index (χ3v) is 4.50. The molecule has 0 unspecified atom stereocenters. The highest BCUT2D eigenvalue weighted by Gasteiger charge is 2.15. The molecule has 6 nitrogen and oxygen atoms in total. The maximum absolute atomic E-state index is 12.7. The number of aryl methyl sites for hydroxylation is 1. The van der Waals surface area contributed by atoms with Crippen LogP contribution in [0.1, 0.15) is 54.7 Å². The quantitative estimate of drug-likeness (QED) is 0.526. The summed E-state index contributed by atoms with van der Waals surface area (Å²) in [5.74, 6) is 0.0138. The van der Waals surface area contributed by atoms with Crippen LogP contribution in [0.3, 0.4) is 0 Å². The summed E-state index contributed by atoms with van der Waals surface area (Å²) in [6.45, 7) is 6.69. The summed E-state index contributed by atoms with van der Waals surface area (Å²) in [7, 11) is 0. The Morgan fingerprint density at radius 2 is 1.82 bits per heavy atom. The molecule has 0 spiro atoms. The number of nitrogens with one attached hydrogen (secondary N) is 1. The number of aromatic nitrogens is 2. The van der Waals surface area contributed by atoms with E-state index in [2.05, 4.69) is 29.5 Å². The van der Waals surface area contributed by atoms with Crippen LogP contribution in [0, 0.1) is 0 Å². The number of carbonyl (C=O) groups is 1. The molecule has 1 heterocycles. The maximum atomic E-state index is 12.7. The minimum absolute atomic E-state index is 0.191. The van der Waals surface area contributed by atoms with Gasteiger partial charge in [-0.05, 0) is 29.5 Å². The van der Waals surface area contributed by atoms with E-state index >= 15 is 0 Å². The summed E-state index contributed by atoms with van der Waals surface area (Å²) in [5, 5.41) is 9.31. The van der Waals surface area contributed by atoms with Crippen LogP contribution in [-0.4, -0.2) is 21.9 Å². The van der Waals surface area contributed by atoms with E-state index in [1.54, 1.807) is 30.5 Å². The van der Waals surface area contributed by atoms with Gasteiger partial charge in [-0.2, -0.15) is 10.2 Å². The average Bonchev–Trinajstić information content (AvgIpc) is 2.70. The lowest BCUT2D eigenvalue weighted by Gasteiger charge is -2.09. The number of hydrogen-bond acceptors (Lipinski definition) is 4. The zero-order chi connectivity index (χ0) is 20.1. The van der Waals surface area contributed by atoms with E-state index in [0.29, 0.717) is 23.2 Å². The van der Waals surface area contributed by atoms with Crippen molar-refractivity contribution in [1.82, 2.24) is 15.2 Å². The number of nitrogens with zero attached hydrogens (tertiary/aromatic N) is 3. The second-order valence-corrected chi connectivity index (χ2v) is 6.94. The van der Waals surface area contributed by atoms with Crippen molar-refractivity contribution in [3.05, 3.63) is 75.7 Å². The Morgan fingerprint density at radius 1 is 1.14 bits per heavy atom. The van der Waals surface area contributed by atoms with Crippen molar-refractivity contribution in [2.45, 2.75) is 39.7 Å². The zero-order valence-electron chi connectivity index (χ0n) is 16.3. The van der Waals surface area contributed by atoms with Crippen LogP contribution in [0.2, 0.25) is 0 Å². The summed E-state index contributed by atoms with van der Waals surface area (Å²) >= 11 is 0. The highest BCUT2D eigenvalue weighted by atomic mass is 16.2. The first-order valence-electron chi connectivity index (χ1n) is 9.44. The van der Waals surface area contributed by atoms with Gasteiger partial charge in [0, 0.05) is 11.9 Å². The second kappa shape index (κ2) is 8.61. The average molecular weight is 376 g/mol. The molecule has 1 N–H and O–H groups in total. The largest absolute Gasteiger partial charge is 0.292 e. The summed E-state index contributed by atoms with van der Waals surface area (Å²) < 4.78 is 1.34. The lowest BCUT2D eigenvalue weighted by atomic mass is 10.0. The normalized spacial score (nSPS) is 11.4. The van der Waals surface area contributed by atoms with E-state index in [4.69, 9.17) is 0 Å². The summed E-state index contributed by atoms with van der Waals surface area (Å²) in [6.07, 6.45) is 2.34. The van der Waals surface area contributed by atoms with Crippen LogP contribution in [-0.2, 0) is 6.54 Å². The monoisotopic (exact) mass is 376 g/mol. The van der Waals surface area contributed by atoms with Crippen molar-refractivity contribution in [3.63, 3.8) is 0 Å². The Kier molecular flexibility index (Phi) is 5.99. The van der Waals surface area contributed by atoms with Gasteiger partial charge in [-0.15, -0.1) is 0 Å². The lowest BCUT2D eigenvalue weighted by molar-refractivity contribution is 0.0949. The molecule has 0 saturated heterocycles. The lowest BCUT2D eigenvalue weighted by Crippen LogP contribution is -2.29. The molecule has 6 heteroatoms. The van der Waals surface area contributed by atoms with Gasteiger partial charge < -0.3 is 0 Å². The van der Waals surface area contributed by atoms with Crippen molar-refractivity contribution in [1.29, 1.82) is 0 Å². The van der Waals surface area contributed by atoms with Crippen molar-refractivity contribution >= 4 is 22.9 Å². The van der Waals surface area contributed by atoms with Crippen LogP contribution < -0.4 is 11.0 Å². The second-order valence-electron chi connectivity index (χ2n) is 6.94. The van der Waals surface area contributed by atoms with E-state index < -0.39 is 5.91 Å². The van der Waals surface area contributed by atoms with Crippen LogP contribution in [0.4, 0.5) is 0 Å². The van der Waals surface area contributed by atoms with Crippen molar-refractivity contribution in [2.75, 3.05) is 0 Å². The molecule has 0 aliphatic rings.